The second-order valence-corrected chi connectivity index (χ2v) is 6.21. The van der Waals surface area contributed by atoms with Gasteiger partial charge < -0.3 is 14.7 Å². The maximum absolute atomic E-state index is 12.0. The Morgan fingerprint density at radius 1 is 1.24 bits per heavy atom. The van der Waals surface area contributed by atoms with Crippen LogP contribution in [0, 0.1) is 17.8 Å². The molecular weight excluding hydrogens is 266 g/mol. The summed E-state index contributed by atoms with van der Waals surface area (Å²) < 4.78 is 5.37. The fraction of sp³-hybridized carbons (Fsp3) is 0.588. The van der Waals surface area contributed by atoms with E-state index in [1.165, 1.54) is 6.42 Å². The number of carbonyl (C=O) groups excluding carboxylic acids is 1. The van der Waals surface area contributed by atoms with E-state index in [-0.39, 0.29) is 6.09 Å². The predicted molar refractivity (Wildman–Crippen MR) is 79.6 cm³/mol. The minimum atomic E-state index is -0.202. The van der Waals surface area contributed by atoms with E-state index in [2.05, 4.69) is 0 Å². The maximum atomic E-state index is 12.0. The Morgan fingerprint density at radius 2 is 1.95 bits per heavy atom. The number of rotatable bonds is 4. The molecule has 1 N–H and O–H groups in total. The van der Waals surface area contributed by atoms with Crippen molar-refractivity contribution < 1.29 is 14.6 Å². The SMILES string of the molecule is O=C(OCc1ccccc1)N1CCC([C@H]2C[C@H]2CO)CC1. The van der Waals surface area contributed by atoms with Crippen molar-refractivity contribution in [1.82, 2.24) is 4.90 Å². The topological polar surface area (TPSA) is 49.8 Å². The molecule has 0 radical (unpaired) electrons. The Kier molecular flexibility index (Phi) is 4.44. The molecule has 0 bridgehead atoms. The summed E-state index contributed by atoms with van der Waals surface area (Å²) in [5.41, 5.74) is 1.02. The average molecular weight is 289 g/mol. The summed E-state index contributed by atoms with van der Waals surface area (Å²) in [5, 5.41) is 9.14. The molecule has 2 fully saturated rings. The van der Waals surface area contributed by atoms with Gasteiger partial charge >= 0.3 is 6.09 Å². The summed E-state index contributed by atoms with van der Waals surface area (Å²) in [6, 6.07) is 9.76. The highest BCUT2D eigenvalue weighted by Gasteiger charge is 2.43. The summed E-state index contributed by atoms with van der Waals surface area (Å²) in [6.45, 7) is 2.23. The molecule has 1 aromatic rings. The van der Waals surface area contributed by atoms with Crippen LogP contribution in [0.4, 0.5) is 4.79 Å². The zero-order valence-electron chi connectivity index (χ0n) is 12.3. The van der Waals surface area contributed by atoms with Gasteiger partial charge in [0.2, 0.25) is 0 Å². The van der Waals surface area contributed by atoms with Gasteiger partial charge in [-0.3, -0.25) is 0 Å². The van der Waals surface area contributed by atoms with E-state index >= 15 is 0 Å². The van der Waals surface area contributed by atoms with Crippen molar-refractivity contribution in [3.63, 3.8) is 0 Å². The van der Waals surface area contributed by atoms with E-state index in [0.717, 1.165) is 31.5 Å². The number of benzene rings is 1. The number of piperidine rings is 1. The number of aliphatic hydroxyl groups excluding tert-OH is 1. The van der Waals surface area contributed by atoms with Gasteiger partial charge in [-0.1, -0.05) is 30.3 Å². The zero-order valence-corrected chi connectivity index (χ0v) is 12.3. The molecule has 0 spiro atoms. The number of hydrogen-bond donors (Lipinski definition) is 1. The van der Waals surface area contributed by atoms with Gasteiger partial charge in [0.05, 0.1) is 0 Å². The molecule has 0 unspecified atom stereocenters. The highest BCUT2D eigenvalue weighted by Crippen LogP contribution is 2.47. The molecule has 1 saturated heterocycles. The molecule has 1 aliphatic carbocycles. The van der Waals surface area contributed by atoms with E-state index in [0.29, 0.717) is 31.0 Å². The second-order valence-electron chi connectivity index (χ2n) is 6.21. The maximum Gasteiger partial charge on any atom is 0.410 e. The Morgan fingerprint density at radius 3 is 2.57 bits per heavy atom. The largest absolute Gasteiger partial charge is 0.445 e. The van der Waals surface area contributed by atoms with Crippen molar-refractivity contribution in [3.05, 3.63) is 35.9 Å². The van der Waals surface area contributed by atoms with E-state index in [1.807, 2.05) is 35.2 Å². The summed E-state index contributed by atoms with van der Waals surface area (Å²) in [5.74, 6) is 1.89. The number of ether oxygens (including phenoxy) is 1. The van der Waals surface area contributed by atoms with Crippen molar-refractivity contribution in [2.45, 2.75) is 25.9 Å². The Labute approximate surface area is 125 Å². The third-order valence-corrected chi connectivity index (χ3v) is 4.82. The van der Waals surface area contributed by atoms with Crippen LogP contribution in [0.25, 0.3) is 0 Å². The van der Waals surface area contributed by atoms with E-state index in [9.17, 15) is 4.79 Å². The van der Waals surface area contributed by atoms with Gasteiger partial charge in [0.15, 0.2) is 0 Å². The number of likely N-dealkylation sites (tertiary alicyclic amines) is 1. The van der Waals surface area contributed by atoms with Gasteiger partial charge in [0, 0.05) is 19.7 Å². The Hall–Kier alpha value is -1.55. The van der Waals surface area contributed by atoms with E-state index < -0.39 is 0 Å². The van der Waals surface area contributed by atoms with Crippen molar-refractivity contribution in [2.24, 2.45) is 17.8 Å². The van der Waals surface area contributed by atoms with Crippen molar-refractivity contribution in [3.8, 4) is 0 Å². The normalized spacial score (nSPS) is 25.7. The van der Waals surface area contributed by atoms with Gasteiger partial charge in [-0.2, -0.15) is 0 Å². The number of nitrogens with zero attached hydrogens (tertiary/aromatic N) is 1. The van der Waals surface area contributed by atoms with Crippen LogP contribution in [0.15, 0.2) is 30.3 Å². The van der Waals surface area contributed by atoms with Gasteiger partial charge in [-0.05, 0) is 42.6 Å². The van der Waals surface area contributed by atoms with Crippen LogP contribution in [0.3, 0.4) is 0 Å². The third-order valence-electron chi connectivity index (χ3n) is 4.82. The highest BCUT2D eigenvalue weighted by molar-refractivity contribution is 5.67. The lowest BCUT2D eigenvalue weighted by atomic mass is 9.91. The smallest absolute Gasteiger partial charge is 0.410 e. The van der Waals surface area contributed by atoms with E-state index in [4.69, 9.17) is 9.84 Å². The standard InChI is InChI=1S/C17H23NO3/c19-11-15-10-16(15)14-6-8-18(9-7-14)17(20)21-12-13-4-2-1-3-5-13/h1-5,14-16,19H,6-12H2/t15-,16+/m0/s1. The summed E-state index contributed by atoms with van der Waals surface area (Å²) in [4.78, 5) is 13.9. The fourth-order valence-corrected chi connectivity index (χ4v) is 3.38. The quantitative estimate of drug-likeness (QED) is 0.927. The van der Waals surface area contributed by atoms with Crippen LogP contribution in [-0.4, -0.2) is 35.8 Å². The zero-order chi connectivity index (χ0) is 14.7. The minimum absolute atomic E-state index is 0.202. The van der Waals surface area contributed by atoms with Gasteiger partial charge in [-0.25, -0.2) is 4.79 Å². The predicted octanol–water partition coefficient (Wildman–Crippen LogP) is 2.66. The molecule has 1 aliphatic heterocycles. The first kappa shape index (κ1) is 14.4. The molecule has 1 amide bonds. The van der Waals surface area contributed by atoms with Crippen LogP contribution < -0.4 is 0 Å². The Bertz CT molecular complexity index is 468. The number of hydrogen-bond acceptors (Lipinski definition) is 3. The lowest BCUT2D eigenvalue weighted by Gasteiger charge is -2.31. The van der Waals surface area contributed by atoms with Crippen molar-refractivity contribution in [2.75, 3.05) is 19.7 Å². The number of amides is 1. The molecule has 4 heteroatoms. The van der Waals surface area contributed by atoms with Crippen LogP contribution in [-0.2, 0) is 11.3 Å². The van der Waals surface area contributed by atoms with Crippen LogP contribution in [0.2, 0.25) is 0 Å². The molecule has 1 saturated carbocycles. The van der Waals surface area contributed by atoms with Crippen LogP contribution in [0.1, 0.15) is 24.8 Å². The molecule has 4 nitrogen and oxygen atoms in total. The fourth-order valence-electron chi connectivity index (χ4n) is 3.38. The lowest BCUT2D eigenvalue weighted by molar-refractivity contribution is 0.0791. The molecule has 21 heavy (non-hydrogen) atoms. The summed E-state index contributed by atoms with van der Waals surface area (Å²) in [7, 11) is 0. The molecular formula is C17H23NO3. The molecule has 2 aliphatic rings. The van der Waals surface area contributed by atoms with Gasteiger partial charge in [0.25, 0.3) is 0 Å². The van der Waals surface area contributed by atoms with Crippen molar-refractivity contribution in [1.29, 1.82) is 0 Å². The van der Waals surface area contributed by atoms with Gasteiger partial charge in [0.1, 0.15) is 6.61 Å². The summed E-state index contributed by atoms with van der Waals surface area (Å²) >= 11 is 0. The average Bonchev–Trinajstić information content (AvgIpc) is 3.33. The van der Waals surface area contributed by atoms with Crippen LogP contribution >= 0.6 is 0 Å². The third kappa shape index (κ3) is 3.56. The molecule has 1 heterocycles. The number of carbonyl (C=O) groups is 1. The monoisotopic (exact) mass is 289 g/mol. The second kappa shape index (κ2) is 6.48. The minimum Gasteiger partial charge on any atom is -0.445 e. The van der Waals surface area contributed by atoms with Crippen LogP contribution in [0.5, 0.6) is 0 Å². The molecule has 1 aromatic carbocycles. The van der Waals surface area contributed by atoms with Crippen molar-refractivity contribution >= 4 is 6.09 Å². The summed E-state index contributed by atoms with van der Waals surface area (Å²) in [6.07, 6.45) is 3.05. The first-order chi connectivity index (χ1) is 10.3. The van der Waals surface area contributed by atoms with E-state index in [1.54, 1.807) is 0 Å². The molecule has 2 atom stereocenters. The first-order valence-electron chi connectivity index (χ1n) is 7.84. The highest BCUT2D eigenvalue weighted by atomic mass is 16.6. The molecule has 114 valence electrons. The first-order valence-corrected chi connectivity index (χ1v) is 7.84. The Balaban J connectivity index is 1.41. The number of aliphatic hydroxyl groups is 1. The lowest BCUT2D eigenvalue weighted by Crippen LogP contribution is -2.39. The molecule has 3 rings (SSSR count). The van der Waals surface area contributed by atoms with Gasteiger partial charge in [-0.15, -0.1) is 0 Å². The molecule has 0 aromatic heterocycles.